The molecule has 4 heterocycles. The third-order valence-electron chi connectivity index (χ3n) is 6.41. The van der Waals surface area contributed by atoms with E-state index in [0.29, 0.717) is 6.54 Å². The Morgan fingerprint density at radius 2 is 2.06 bits per heavy atom. The third kappa shape index (κ3) is 3.52. The van der Waals surface area contributed by atoms with Gasteiger partial charge >= 0.3 is 6.03 Å². The molecule has 7 heteroatoms. The number of carbonyl (C=O) groups excluding carboxylic acids is 1. The minimum atomic E-state index is 0.0128. The Labute approximate surface area is 182 Å². The number of nitrogens with zero attached hydrogens (tertiary/aromatic N) is 4. The molecule has 1 N–H and O–H groups in total. The SMILES string of the molecule is CCNC(=O)N1CCC2(CCn3nc(-c4cnc5ccc(OC(C)C)cc5c4)cc32)C1. The summed E-state index contributed by atoms with van der Waals surface area (Å²) < 4.78 is 7.97. The van der Waals surface area contributed by atoms with Gasteiger partial charge in [0.05, 0.1) is 17.3 Å². The number of urea groups is 1. The van der Waals surface area contributed by atoms with E-state index < -0.39 is 0 Å². The molecule has 1 fully saturated rings. The van der Waals surface area contributed by atoms with Gasteiger partial charge < -0.3 is 15.0 Å². The number of rotatable bonds is 4. The smallest absolute Gasteiger partial charge is 0.317 e. The minimum absolute atomic E-state index is 0.0128. The summed E-state index contributed by atoms with van der Waals surface area (Å²) in [7, 11) is 0. The van der Waals surface area contributed by atoms with Gasteiger partial charge in [-0.05, 0) is 63.9 Å². The second kappa shape index (κ2) is 7.55. The zero-order valence-electron chi connectivity index (χ0n) is 18.4. The Hall–Kier alpha value is -3.09. The zero-order valence-corrected chi connectivity index (χ0v) is 18.4. The molecule has 0 saturated carbocycles. The molecule has 2 aliphatic rings. The number of aromatic nitrogens is 3. The fraction of sp³-hybridized carbons (Fsp3) is 0.458. The summed E-state index contributed by atoms with van der Waals surface area (Å²) in [6.07, 6.45) is 4.05. The Kier molecular flexibility index (Phi) is 4.84. The van der Waals surface area contributed by atoms with Gasteiger partial charge in [-0.2, -0.15) is 5.10 Å². The van der Waals surface area contributed by atoms with Crippen molar-refractivity contribution in [2.24, 2.45) is 0 Å². The highest BCUT2D eigenvalue weighted by atomic mass is 16.5. The van der Waals surface area contributed by atoms with E-state index in [2.05, 4.69) is 27.1 Å². The fourth-order valence-electron chi connectivity index (χ4n) is 4.92. The van der Waals surface area contributed by atoms with Crippen LogP contribution in [0, 0.1) is 0 Å². The van der Waals surface area contributed by atoms with Gasteiger partial charge in [-0.25, -0.2) is 4.79 Å². The minimum Gasteiger partial charge on any atom is -0.491 e. The largest absolute Gasteiger partial charge is 0.491 e. The van der Waals surface area contributed by atoms with Crippen LogP contribution in [0.15, 0.2) is 36.5 Å². The predicted octanol–water partition coefficient (Wildman–Crippen LogP) is 3.96. The highest BCUT2D eigenvalue weighted by molar-refractivity contribution is 5.84. The number of carbonyl (C=O) groups is 1. The number of hydrogen-bond acceptors (Lipinski definition) is 4. The van der Waals surface area contributed by atoms with E-state index in [1.165, 1.54) is 5.69 Å². The number of hydrogen-bond donors (Lipinski definition) is 1. The van der Waals surface area contributed by atoms with Gasteiger partial charge in [0.25, 0.3) is 0 Å². The van der Waals surface area contributed by atoms with E-state index in [1.54, 1.807) is 0 Å². The molecule has 2 aromatic heterocycles. The van der Waals surface area contributed by atoms with Crippen LogP contribution < -0.4 is 10.1 Å². The lowest BCUT2D eigenvalue weighted by Crippen LogP contribution is -2.40. The lowest BCUT2D eigenvalue weighted by molar-refractivity contribution is 0.206. The maximum absolute atomic E-state index is 12.3. The average Bonchev–Trinajstić information content (AvgIpc) is 3.44. The van der Waals surface area contributed by atoms with Crippen molar-refractivity contribution in [2.75, 3.05) is 19.6 Å². The molecule has 2 amide bonds. The van der Waals surface area contributed by atoms with Gasteiger partial charge in [0.15, 0.2) is 0 Å². The van der Waals surface area contributed by atoms with Crippen LogP contribution in [0.25, 0.3) is 22.2 Å². The standard InChI is InChI=1S/C24H29N5O2/c1-4-25-23(30)28-9-7-24(15-28)8-10-29-22(24)13-21(27-29)18-11-17-12-19(31-16(2)3)5-6-20(17)26-14-18/h5-6,11-14,16H,4,7-10,15H2,1-3H3,(H,25,30). The lowest BCUT2D eigenvalue weighted by atomic mass is 9.82. The summed E-state index contributed by atoms with van der Waals surface area (Å²) in [5.74, 6) is 0.851. The van der Waals surface area contributed by atoms with Crippen molar-refractivity contribution >= 4 is 16.9 Å². The van der Waals surface area contributed by atoms with Crippen molar-refractivity contribution in [3.63, 3.8) is 0 Å². The predicted molar refractivity (Wildman–Crippen MR) is 120 cm³/mol. The molecule has 3 aromatic rings. The Bertz CT molecular complexity index is 1140. The van der Waals surface area contributed by atoms with E-state index in [9.17, 15) is 4.79 Å². The second-order valence-electron chi connectivity index (χ2n) is 8.92. The molecule has 2 aliphatic heterocycles. The summed E-state index contributed by atoms with van der Waals surface area (Å²) in [6.45, 7) is 9.11. The average molecular weight is 420 g/mol. The maximum atomic E-state index is 12.3. The molecular formula is C24H29N5O2. The molecule has 0 bridgehead atoms. The van der Waals surface area contributed by atoms with Gasteiger partial charge in [0.2, 0.25) is 0 Å². The van der Waals surface area contributed by atoms with Crippen molar-refractivity contribution in [1.29, 1.82) is 0 Å². The van der Waals surface area contributed by atoms with E-state index >= 15 is 0 Å². The third-order valence-corrected chi connectivity index (χ3v) is 6.41. The van der Waals surface area contributed by atoms with Crippen LogP contribution in [-0.2, 0) is 12.0 Å². The Morgan fingerprint density at radius 1 is 1.23 bits per heavy atom. The van der Waals surface area contributed by atoms with E-state index in [4.69, 9.17) is 9.84 Å². The molecule has 1 unspecified atom stereocenters. The number of nitrogens with one attached hydrogen (secondary N) is 1. The van der Waals surface area contributed by atoms with Gasteiger partial charge in [-0.15, -0.1) is 0 Å². The molecule has 7 nitrogen and oxygen atoms in total. The molecular weight excluding hydrogens is 390 g/mol. The molecule has 0 radical (unpaired) electrons. The summed E-state index contributed by atoms with van der Waals surface area (Å²) in [5, 5.41) is 8.86. The first-order valence-corrected chi connectivity index (χ1v) is 11.2. The first-order chi connectivity index (χ1) is 15.0. The van der Waals surface area contributed by atoms with E-state index in [1.807, 2.05) is 50.1 Å². The summed E-state index contributed by atoms with van der Waals surface area (Å²) in [5.41, 5.74) is 4.14. The number of ether oxygens (including phenoxy) is 1. The number of fused-ring (bicyclic) bond motifs is 3. The summed E-state index contributed by atoms with van der Waals surface area (Å²) in [4.78, 5) is 18.9. The maximum Gasteiger partial charge on any atom is 0.317 e. The van der Waals surface area contributed by atoms with Crippen molar-refractivity contribution in [1.82, 2.24) is 25.0 Å². The molecule has 1 saturated heterocycles. The molecule has 162 valence electrons. The summed E-state index contributed by atoms with van der Waals surface area (Å²) in [6, 6.07) is 10.4. The Morgan fingerprint density at radius 3 is 2.87 bits per heavy atom. The van der Waals surface area contributed by atoms with E-state index in [-0.39, 0.29) is 17.6 Å². The number of aryl methyl sites for hydroxylation is 1. The summed E-state index contributed by atoms with van der Waals surface area (Å²) >= 11 is 0. The van der Waals surface area contributed by atoms with Crippen LogP contribution in [0.5, 0.6) is 5.75 Å². The van der Waals surface area contributed by atoms with Crippen molar-refractivity contribution in [3.05, 3.63) is 42.2 Å². The number of benzene rings is 1. The quantitative estimate of drug-likeness (QED) is 0.695. The first kappa shape index (κ1) is 19.8. The normalized spacial score (nSPS) is 20.1. The highest BCUT2D eigenvalue weighted by Crippen LogP contribution is 2.43. The molecule has 5 rings (SSSR count). The van der Waals surface area contributed by atoms with Crippen LogP contribution in [0.1, 0.15) is 39.3 Å². The van der Waals surface area contributed by atoms with Crippen molar-refractivity contribution in [2.45, 2.75) is 51.7 Å². The van der Waals surface area contributed by atoms with Crippen molar-refractivity contribution in [3.8, 4) is 17.0 Å². The van der Waals surface area contributed by atoms with Gasteiger partial charge in [0.1, 0.15) is 5.75 Å². The fourth-order valence-corrected chi connectivity index (χ4v) is 4.92. The van der Waals surface area contributed by atoms with Crippen LogP contribution in [0.4, 0.5) is 4.79 Å². The monoisotopic (exact) mass is 419 g/mol. The number of likely N-dealkylation sites (tertiary alicyclic amines) is 1. The van der Waals surface area contributed by atoms with E-state index in [0.717, 1.165) is 60.4 Å². The van der Waals surface area contributed by atoms with Crippen LogP contribution in [0.2, 0.25) is 0 Å². The van der Waals surface area contributed by atoms with Gasteiger partial charge in [0, 0.05) is 54.4 Å². The molecule has 31 heavy (non-hydrogen) atoms. The van der Waals surface area contributed by atoms with Crippen LogP contribution in [0.3, 0.4) is 0 Å². The molecule has 1 spiro atoms. The zero-order chi connectivity index (χ0) is 21.6. The van der Waals surface area contributed by atoms with Crippen LogP contribution in [-0.4, -0.2) is 51.4 Å². The molecule has 1 atom stereocenters. The molecule has 1 aromatic carbocycles. The number of amides is 2. The topological polar surface area (TPSA) is 72.3 Å². The lowest BCUT2D eigenvalue weighted by Gasteiger charge is -2.23. The van der Waals surface area contributed by atoms with Crippen LogP contribution >= 0.6 is 0 Å². The Balaban J connectivity index is 1.44. The highest BCUT2D eigenvalue weighted by Gasteiger charge is 2.46. The first-order valence-electron chi connectivity index (χ1n) is 11.2. The van der Waals surface area contributed by atoms with Gasteiger partial charge in [-0.1, -0.05) is 0 Å². The number of pyridine rings is 1. The van der Waals surface area contributed by atoms with Crippen molar-refractivity contribution < 1.29 is 9.53 Å². The van der Waals surface area contributed by atoms with Gasteiger partial charge in [-0.3, -0.25) is 9.67 Å². The second-order valence-corrected chi connectivity index (χ2v) is 8.92. The molecule has 0 aliphatic carbocycles.